The number of nitrogens with zero attached hydrogens (tertiary/aromatic N) is 4. The summed E-state index contributed by atoms with van der Waals surface area (Å²) in [6.07, 6.45) is -0.324. The molecular weight excluding hydrogens is 307 g/mol. The number of aromatic amines is 1. The first-order valence-corrected chi connectivity index (χ1v) is 7.27. The molecule has 1 aliphatic rings. The lowest BCUT2D eigenvalue weighted by Gasteiger charge is -2.28. The zero-order chi connectivity index (χ0) is 16.6. The highest BCUT2D eigenvalue weighted by molar-refractivity contribution is 5.93. The molecule has 1 fully saturated rings. The predicted octanol–water partition coefficient (Wildman–Crippen LogP) is 2.51. The Bertz CT molecular complexity index is 746. The molecule has 0 bridgehead atoms. The van der Waals surface area contributed by atoms with E-state index in [4.69, 9.17) is 0 Å². The Morgan fingerprint density at radius 2 is 2.30 bits per heavy atom. The summed E-state index contributed by atoms with van der Waals surface area (Å²) in [5.74, 6) is 0. The molecule has 0 aromatic carbocycles. The third-order valence-electron chi connectivity index (χ3n) is 4.23. The Morgan fingerprint density at radius 1 is 1.52 bits per heavy atom. The quantitative estimate of drug-likeness (QED) is 0.943. The molecule has 23 heavy (non-hydrogen) atoms. The topological polar surface area (TPSA) is 59.0 Å². The van der Waals surface area contributed by atoms with E-state index >= 15 is 0 Å². The minimum Gasteiger partial charge on any atom is -0.369 e. The van der Waals surface area contributed by atoms with Crippen molar-refractivity contribution in [3.05, 3.63) is 24.0 Å². The zero-order valence-corrected chi connectivity index (χ0v) is 12.6. The van der Waals surface area contributed by atoms with E-state index in [0.717, 1.165) is 11.1 Å². The summed E-state index contributed by atoms with van der Waals surface area (Å²) in [5.41, 5.74) is 1.81. The maximum absolute atomic E-state index is 12.5. The molecule has 1 unspecified atom stereocenters. The minimum absolute atomic E-state index is 0.0649. The van der Waals surface area contributed by atoms with Crippen molar-refractivity contribution in [1.82, 2.24) is 14.9 Å². The molecule has 2 aromatic heterocycles. The van der Waals surface area contributed by atoms with E-state index in [0.29, 0.717) is 30.7 Å². The van der Waals surface area contributed by atoms with Gasteiger partial charge in [-0.15, -0.1) is 0 Å². The molecule has 2 aromatic rings. The van der Waals surface area contributed by atoms with E-state index in [-0.39, 0.29) is 6.04 Å². The second-order valence-electron chi connectivity index (χ2n) is 5.78. The Kier molecular flexibility index (Phi) is 3.90. The van der Waals surface area contributed by atoms with Crippen LogP contribution in [0.3, 0.4) is 0 Å². The predicted molar refractivity (Wildman–Crippen MR) is 80.1 cm³/mol. The van der Waals surface area contributed by atoms with Gasteiger partial charge in [0.05, 0.1) is 17.8 Å². The van der Waals surface area contributed by atoms with E-state index in [9.17, 15) is 18.4 Å². The molecule has 0 amide bonds. The van der Waals surface area contributed by atoms with E-state index in [2.05, 4.69) is 16.0 Å². The van der Waals surface area contributed by atoms with Gasteiger partial charge in [0.25, 0.3) is 0 Å². The number of likely N-dealkylation sites (tertiary alicyclic amines) is 1. The van der Waals surface area contributed by atoms with Crippen molar-refractivity contribution < 1.29 is 13.2 Å². The number of fused-ring (bicyclic) bond motifs is 1. The first-order valence-electron chi connectivity index (χ1n) is 7.27. The van der Waals surface area contributed by atoms with Crippen LogP contribution in [0.4, 0.5) is 18.9 Å². The molecule has 0 saturated carbocycles. The second kappa shape index (κ2) is 5.74. The monoisotopic (exact) mass is 323 g/mol. The SMILES string of the molecule is CN(c1c(C#N)cnc2[nH]ccc12)C1CCN(CC(F)(F)F)C1. The molecular formula is C15H16F3N5. The van der Waals surface area contributed by atoms with Gasteiger partial charge < -0.3 is 9.88 Å². The Morgan fingerprint density at radius 3 is 3.00 bits per heavy atom. The largest absolute Gasteiger partial charge is 0.401 e. The molecule has 0 aliphatic carbocycles. The molecule has 3 heterocycles. The lowest BCUT2D eigenvalue weighted by molar-refractivity contribution is -0.143. The fourth-order valence-corrected chi connectivity index (χ4v) is 3.16. The molecule has 3 rings (SSSR count). The van der Waals surface area contributed by atoms with Gasteiger partial charge in [-0.2, -0.15) is 18.4 Å². The Balaban J connectivity index is 1.86. The molecule has 1 N–H and O–H groups in total. The lowest BCUT2D eigenvalue weighted by atomic mass is 10.1. The van der Waals surface area contributed by atoms with Crippen molar-refractivity contribution in [2.24, 2.45) is 0 Å². The molecule has 0 radical (unpaired) electrons. The minimum atomic E-state index is -4.18. The van der Waals surface area contributed by atoms with E-state index < -0.39 is 12.7 Å². The highest BCUT2D eigenvalue weighted by Gasteiger charge is 2.36. The van der Waals surface area contributed by atoms with Crippen LogP contribution in [0.2, 0.25) is 0 Å². The summed E-state index contributed by atoms with van der Waals surface area (Å²) in [5, 5.41) is 10.1. The molecule has 5 nitrogen and oxygen atoms in total. The van der Waals surface area contributed by atoms with E-state index in [1.54, 1.807) is 6.20 Å². The summed E-state index contributed by atoms with van der Waals surface area (Å²) in [6, 6.07) is 3.89. The van der Waals surface area contributed by atoms with Crippen LogP contribution in [0.15, 0.2) is 18.5 Å². The van der Waals surface area contributed by atoms with Crippen LogP contribution in [0.5, 0.6) is 0 Å². The fraction of sp³-hybridized carbons (Fsp3) is 0.467. The number of hydrogen-bond donors (Lipinski definition) is 1. The number of likely N-dealkylation sites (N-methyl/N-ethyl adjacent to an activating group) is 1. The number of hydrogen-bond acceptors (Lipinski definition) is 4. The first-order chi connectivity index (χ1) is 10.9. The maximum Gasteiger partial charge on any atom is 0.401 e. The highest BCUT2D eigenvalue weighted by atomic mass is 19.4. The van der Waals surface area contributed by atoms with Crippen molar-refractivity contribution in [3.63, 3.8) is 0 Å². The number of rotatable bonds is 3. The third-order valence-corrected chi connectivity index (χ3v) is 4.23. The van der Waals surface area contributed by atoms with Crippen LogP contribution < -0.4 is 4.90 Å². The number of alkyl halides is 3. The number of H-pyrrole nitrogens is 1. The van der Waals surface area contributed by atoms with Gasteiger partial charge >= 0.3 is 6.18 Å². The van der Waals surface area contributed by atoms with Gasteiger partial charge in [0.15, 0.2) is 0 Å². The third kappa shape index (κ3) is 3.10. The average Bonchev–Trinajstić information content (AvgIpc) is 3.12. The Labute approximate surface area is 131 Å². The summed E-state index contributed by atoms with van der Waals surface area (Å²) < 4.78 is 37.6. The number of aromatic nitrogens is 2. The van der Waals surface area contributed by atoms with E-state index in [1.165, 1.54) is 11.1 Å². The summed E-state index contributed by atoms with van der Waals surface area (Å²) in [6.45, 7) is -0.161. The molecule has 122 valence electrons. The average molecular weight is 323 g/mol. The number of pyridine rings is 1. The van der Waals surface area contributed by atoms with Gasteiger partial charge in [-0.1, -0.05) is 0 Å². The summed E-state index contributed by atoms with van der Waals surface area (Å²) in [7, 11) is 1.82. The Hall–Kier alpha value is -2.27. The zero-order valence-electron chi connectivity index (χ0n) is 12.6. The second-order valence-corrected chi connectivity index (χ2v) is 5.78. The number of anilines is 1. The van der Waals surface area contributed by atoms with Crippen LogP contribution in [0.25, 0.3) is 11.0 Å². The van der Waals surface area contributed by atoms with Crippen LogP contribution in [-0.2, 0) is 0 Å². The molecule has 1 saturated heterocycles. The molecule has 1 atom stereocenters. The normalized spacial score (nSPS) is 19.2. The first kappa shape index (κ1) is 15.6. The van der Waals surface area contributed by atoms with E-state index in [1.807, 2.05) is 18.0 Å². The van der Waals surface area contributed by atoms with Gasteiger partial charge in [-0.25, -0.2) is 4.98 Å². The smallest absolute Gasteiger partial charge is 0.369 e. The van der Waals surface area contributed by atoms with Gasteiger partial charge in [-0.05, 0) is 12.5 Å². The van der Waals surface area contributed by atoms with Gasteiger partial charge in [-0.3, -0.25) is 4.90 Å². The van der Waals surface area contributed by atoms with Crippen LogP contribution in [0.1, 0.15) is 12.0 Å². The summed E-state index contributed by atoms with van der Waals surface area (Å²) >= 11 is 0. The van der Waals surface area contributed by atoms with Gasteiger partial charge in [0.1, 0.15) is 11.7 Å². The standard InChI is InChI=1S/C15H16F3N5/c1-22(11-3-5-23(8-11)9-15(16,17)18)13-10(6-19)7-21-14-12(13)2-4-20-14/h2,4,7,11H,3,5,8-9H2,1H3,(H,20,21). The summed E-state index contributed by atoms with van der Waals surface area (Å²) in [4.78, 5) is 10.5. The van der Waals surface area contributed by atoms with Crippen molar-refractivity contribution in [1.29, 1.82) is 5.26 Å². The van der Waals surface area contributed by atoms with Crippen LogP contribution >= 0.6 is 0 Å². The lowest BCUT2D eigenvalue weighted by Crippen LogP contribution is -2.38. The number of halogens is 3. The molecule has 8 heteroatoms. The van der Waals surface area contributed by atoms with Crippen LogP contribution in [0, 0.1) is 11.3 Å². The van der Waals surface area contributed by atoms with Crippen molar-refractivity contribution in [2.45, 2.75) is 18.6 Å². The fourth-order valence-electron chi connectivity index (χ4n) is 3.16. The van der Waals surface area contributed by atoms with Crippen molar-refractivity contribution in [2.75, 3.05) is 31.6 Å². The number of nitriles is 1. The highest BCUT2D eigenvalue weighted by Crippen LogP contribution is 2.32. The van der Waals surface area contributed by atoms with Crippen molar-refractivity contribution >= 4 is 16.7 Å². The van der Waals surface area contributed by atoms with Gasteiger partial charge in [0, 0.05) is 44.0 Å². The van der Waals surface area contributed by atoms with Crippen molar-refractivity contribution in [3.8, 4) is 6.07 Å². The number of nitrogens with one attached hydrogen (secondary N) is 1. The molecule has 1 aliphatic heterocycles. The molecule has 0 spiro atoms. The maximum atomic E-state index is 12.5. The van der Waals surface area contributed by atoms with Gasteiger partial charge in [0.2, 0.25) is 0 Å². The van der Waals surface area contributed by atoms with Crippen LogP contribution in [-0.4, -0.2) is 53.8 Å².